The fourth-order valence-electron chi connectivity index (χ4n) is 3.21. The topological polar surface area (TPSA) is 84.9 Å². The lowest BCUT2D eigenvalue weighted by molar-refractivity contribution is -0.122. The number of anilines is 1. The van der Waals surface area contributed by atoms with E-state index >= 15 is 0 Å². The number of carbonyl (C=O) groups is 1. The number of hydrogen-bond donors (Lipinski definition) is 1. The van der Waals surface area contributed by atoms with Gasteiger partial charge in [-0.1, -0.05) is 30.3 Å². The van der Waals surface area contributed by atoms with Gasteiger partial charge in [0.2, 0.25) is 15.9 Å². The molecule has 0 aliphatic rings. The van der Waals surface area contributed by atoms with Crippen molar-refractivity contribution in [3.8, 4) is 11.5 Å². The molecule has 164 valence electrons. The van der Waals surface area contributed by atoms with Gasteiger partial charge >= 0.3 is 0 Å². The summed E-state index contributed by atoms with van der Waals surface area (Å²) < 4.78 is 36.8. The van der Waals surface area contributed by atoms with E-state index in [1.165, 1.54) is 19.8 Å². The lowest BCUT2D eigenvalue weighted by Crippen LogP contribution is -2.50. The second-order valence-corrected chi connectivity index (χ2v) is 9.07. The summed E-state index contributed by atoms with van der Waals surface area (Å²) in [5.41, 5.74) is 1.43. The Morgan fingerprint density at radius 1 is 1.07 bits per heavy atom. The van der Waals surface area contributed by atoms with E-state index in [0.29, 0.717) is 11.5 Å². The van der Waals surface area contributed by atoms with Crippen LogP contribution in [-0.4, -0.2) is 46.9 Å². The van der Waals surface area contributed by atoms with Crippen molar-refractivity contribution < 1.29 is 22.7 Å². The van der Waals surface area contributed by atoms with Gasteiger partial charge in [-0.15, -0.1) is 0 Å². The number of ether oxygens (including phenoxy) is 2. The minimum absolute atomic E-state index is 0.117. The lowest BCUT2D eigenvalue weighted by atomic mass is 10.1. The number of aryl methyl sites for hydroxylation is 1. The molecule has 2 aromatic rings. The van der Waals surface area contributed by atoms with Gasteiger partial charge in [-0.3, -0.25) is 9.10 Å². The zero-order valence-electron chi connectivity index (χ0n) is 18.1. The van der Waals surface area contributed by atoms with E-state index < -0.39 is 16.1 Å². The Hall–Kier alpha value is -2.74. The maximum absolute atomic E-state index is 12.9. The summed E-state index contributed by atoms with van der Waals surface area (Å²) in [4.78, 5) is 12.9. The molecule has 2 atom stereocenters. The summed E-state index contributed by atoms with van der Waals surface area (Å²) in [6, 6.07) is 13.7. The first kappa shape index (κ1) is 23.5. The molecule has 1 N–H and O–H groups in total. The Bertz CT molecular complexity index is 947. The number of nitrogens with zero attached hydrogens (tertiary/aromatic N) is 1. The summed E-state index contributed by atoms with van der Waals surface area (Å²) >= 11 is 0. The first-order chi connectivity index (χ1) is 14.2. The van der Waals surface area contributed by atoms with Crippen LogP contribution in [0, 0.1) is 0 Å². The van der Waals surface area contributed by atoms with Crippen LogP contribution in [0.5, 0.6) is 11.5 Å². The van der Waals surface area contributed by atoms with E-state index in [4.69, 9.17) is 9.47 Å². The van der Waals surface area contributed by atoms with Crippen molar-refractivity contribution in [2.75, 3.05) is 24.8 Å². The summed E-state index contributed by atoms with van der Waals surface area (Å²) in [6.07, 6.45) is 2.62. The van der Waals surface area contributed by atoms with Gasteiger partial charge in [-0.25, -0.2) is 8.42 Å². The minimum Gasteiger partial charge on any atom is -0.497 e. The summed E-state index contributed by atoms with van der Waals surface area (Å²) in [5, 5.41) is 2.92. The number of benzene rings is 2. The summed E-state index contributed by atoms with van der Waals surface area (Å²) in [5.74, 6) is 0.409. The standard InChI is InChI=1S/C22H30N2O5S/c1-16(11-12-18-9-7-6-8-10-18)23-22(25)17(2)24(30(5,26)27)20-15-19(28-3)13-14-21(20)29-4/h6-10,13-17H,11-12H2,1-5H3,(H,23,25). The lowest BCUT2D eigenvalue weighted by Gasteiger charge is -2.30. The molecule has 1 amide bonds. The van der Waals surface area contributed by atoms with Crippen LogP contribution in [0.2, 0.25) is 0 Å². The quantitative estimate of drug-likeness (QED) is 0.621. The maximum Gasteiger partial charge on any atom is 0.243 e. The normalized spacial score (nSPS) is 13.2. The molecule has 0 saturated carbocycles. The third-order valence-electron chi connectivity index (χ3n) is 4.81. The maximum atomic E-state index is 12.9. The van der Waals surface area contributed by atoms with Gasteiger partial charge in [0, 0.05) is 12.1 Å². The summed E-state index contributed by atoms with van der Waals surface area (Å²) in [7, 11) is -0.840. The van der Waals surface area contributed by atoms with Crippen molar-refractivity contribution >= 4 is 21.6 Å². The van der Waals surface area contributed by atoms with Crippen LogP contribution in [0.3, 0.4) is 0 Å². The monoisotopic (exact) mass is 434 g/mol. The highest BCUT2D eigenvalue weighted by atomic mass is 32.2. The average Bonchev–Trinajstić information content (AvgIpc) is 2.71. The molecule has 2 unspecified atom stereocenters. The van der Waals surface area contributed by atoms with Gasteiger partial charge in [0.1, 0.15) is 17.5 Å². The van der Waals surface area contributed by atoms with E-state index in [0.717, 1.165) is 23.4 Å². The molecule has 30 heavy (non-hydrogen) atoms. The highest BCUT2D eigenvalue weighted by Crippen LogP contribution is 2.35. The third kappa shape index (κ3) is 6.13. The molecular weight excluding hydrogens is 404 g/mol. The van der Waals surface area contributed by atoms with Crippen molar-refractivity contribution in [3.63, 3.8) is 0 Å². The average molecular weight is 435 g/mol. The van der Waals surface area contributed by atoms with Crippen LogP contribution in [0.1, 0.15) is 25.8 Å². The van der Waals surface area contributed by atoms with Crippen molar-refractivity contribution in [1.29, 1.82) is 0 Å². The molecule has 0 aliphatic carbocycles. The van der Waals surface area contributed by atoms with Crippen LogP contribution in [0.4, 0.5) is 5.69 Å². The number of carbonyl (C=O) groups excluding carboxylic acids is 1. The Balaban J connectivity index is 2.19. The van der Waals surface area contributed by atoms with Crippen LogP contribution in [0.25, 0.3) is 0 Å². The van der Waals surface area contributed by atoms with Crippen LogP contribution in [-0.2, 0) is 21.2 Å². The third-order valence-corrected chi connectivity index (χ3v) is 6.04. The van der Waals surface area contributed by atoms with Gasteiger partial charge in [0.15, 0.2) is 0 Å². The molecular formula is C22H30N2O5S. The second kappa shape index (κ2) is 10.3. The molecule has 8 heteroatoms. The summed E-state index contributed by atoms with van der Waals surface area (Å²) in [6.45, 7) is 3.46. The number of rotatable bonds is 10. The molecule has 0 bridgehead atoms. The van der Waals surface area contributed by atoms with Crippen molar-refractivity contribution in [3.05, 3.63) is 54.1 Å². The van der Waals surface area contributed by atoms with Gasteiger partial charge in [-0.05, 0) is 44.4 Å². The fraction of sp³-hybridized carbons (Fsp3) is 0.409. The van der Waals surface area contributed by atoms with Crippen LogP contribution in [0.15, 0.2) is 48.5 Å². The molecule has 0 spiro atoms. The first-order valence-corrected chi connectivity index (χ1v) is 11.6. The minimum atomic E-state index is -3.77. The first-order valence-electron chi connectivity index (χ1n) is 9.73. The number of methoxy groups -OCH3 is 2. The van der Waals surface area contributed by atoms with E-state index in [1.54, 1.807) is 25.1 Å². The van der Waals surface area contributed by atoms with Gasteiger partial charge in [-0.2, -0.15) is 0 Å². The molecule has 0 radical (unpaired) electrons. The van der Waals surface area contributed by atoms with Crippen molar-refractivity contribution in [1.82, 2.24) is 5.32 Å². The Kier molecular flexibility index (Phi) is 8.11. The molecule has 0 saturated heterocycles. The Labute approximate surface area is 179 Å². The molecule has 0 heterocycles. The van der Waals surface area contributed by atoms with Gasteiger partial charge in [0.25, 0.3) is 0 Å². The zero-order valence-corrected chi connectivity index (χ0v) is 18.9. The molecule has 2 aromatic carbocycles. The predicted molar refractivity (Wildman–Crippen MR) is 119 cm³/mol. The molecule has 0 aromatic heterocycles. The van der Waals surface area contributed by atoms with Gasteiger partial charge < -0.3 is 14.8 Å². The van der Waals surface area contributed by atoms with E-state index in [1.807, 2.05) is 37.3 Å². The molecule has 2 rings (SSSR count). The van der Waals surface area contributed by atoms with Crippen molar-refractivity contribution in [2.24, 2.45) is 0 Å². The highest BCUT2D eigenvalue weighted by molar-refractivity contribution is 7.92. The largest absolute Gasteiger partial charge is 0.497 e. The van der Waals surface area contributed by atoms with E-state index in [9.17, 15) is 13.2 Å². The van der Waals surface area contributed by atoms with E-state index in [2.05, 4.69) is 5.32 Å². The number of nitrogens with one attached hydrogen (secondary N) is 1. The second-order valence-electron chi connectivity index (χ2n) is 7.21. The molecule has 0 fully saturated rings. The zero-order chi connectivity index (χ0) is 22.3. The Morgan fingerprint density at radius 2 is 1.73 bits per heavy atom. The fourth-order valence-corrected chi connectivity index (χ4v) is 4.38. The predicted octanol–water partition coefficient (Wildman–Crippen LogP) is 3.00. The molecule has 0 aliphatic heterocycles. The van der Waals surface area contributed by atoms with Crippen molar-refractivity contribution in [2.45, 2.75) is 38.8 Å². The Morgan fingerprint density at radius 3 is 2.30 bits per heavy atom. The van der Waals surface area contributed by atoms with Crippen LogP contribution < -0.4 is 19.1 Å². The number of hydrogen-bond acceptors (Lipinski definition) is 5. The molecule has 7 nitrogen and oxygen atoms in total. The SMILES string of the molecule is COc1ccc(OC)c(N(C(C)C(=O)NC(C)CCc2ccccc2)S(C)(=O)=O)c1. The smallest absolute Gasteiger partial charge is 0.243 e. The number of amides is 1. The van der Waals surface area contributed by atoms with Crippen LogP contribution >= 0.6 is 0 Å². The highest BCUT2D eigenvalue weighted by Gasteiger charge is 2.32. The van der Waals surface area contributed by atoms with E-state index in [-0.39, 0.29) is 17.6 Å². The number of sulfonamides is 1. The van der Waals surface area contributed by atoms with Gasteiger partial charge in [0.05, 0.1) is 26.2 Å².